The fourth-order valence-electron chi connectivity index (χ4n) is 2.69. The van der Waals surface area contributed by atoms with E-state index in [0.29, 0.717) is 31.3 Å². The lowest BCUT2D eigenvalue weighted by molar-refractivity contribution is -0.909. The molecule has 128 valence electrons. The van der Waals surface area contributed by atoms with Crippen LogP contribution >= 0.6 is 0 Å². The van der Waals surface area contributed by atoms with Gasteiger partial charge >= 0.3 is 0 Å². The zero-order chi connectivity index (χ0) is 17.3. The van der Waals surface area contributed by atoms with Crippen molar-refractivity contribution >= 4 is 0 Å². The average Bonchev–Trinajstić information content (AvgIpc) is 2.53. The molecule has 0 fully saturated rings. The van der Waals surface area contributed by atoms with Crippen molar-refractivity contribution in [2.24, 2.45) is 0 Å². The van der Waals surface area contributed by atoms with Gasteiger partial charge in [0, 0.05) is 31.1 Å². The topological polar surface area (TPSA) is 51.8 Å². The van der Waals surface area contributed by atoms with Crippen molar-refractivity contribution in [3.63, 3.8) is 0 Å². The van der Waals surface area contributed by atoms with Gasteiger partial charge in [0.2, 0.25) is 17.7 Å². The molecular formula is C19H24NO4+. The molecule has 24 heavy (non-hydrogen) atoms. The van der Waals surface area contributed by atoms with Crippen molar-refractivity contribution in [2.75, 3.05) is 0 Å². The number of pyridine rings is 1. The Hall–Kier alpha value is -2.11. The Kier molecular flexibility index (Phi) is 4.47. The lowest BCUT2D eigenvalue weighted by Crippen LogP contribution is -2.41. The van der Waals surface area contributed by atoms with Crippen LogP contribution in [0.15, 0.2) is 30.5 Å². The van der Waals surface area contributed by atoms with Crippen molar-refractivity contribution in [3.05, 3.63) is 58.4 Å². The van der Waals surface area contributed by atoms with Crippen molar-refractivity contribution in [3.8, 4) is 5.75 Å². The summed E-state index contributed by atoms with van der Waals surface area (Å²) in [5, 5.41) is 10.1. The molecule has 0 spiro atoms. The molecule has 5 heteroatoms. The molecule has 2 heterocycles. The molecule has 1 aliphatic rings. The van der Waals surface area contributed by atoms with Crippen LogP contribution in [0.25, 0.3) is 0 Å². The van der Waals surface area contributed by atoms with E-state index in [9.17, 15) is 5.21 Å². The Morgan fingerprint density at radius 1 is 1.17 bits per heavy atom. The highest BCUT2D eigenvalue weighted by Crippen LogP contribution is 2.34. The predicted molar refractivity (Wildman–Crippen MR) is 87.7 cm³/mol. The van der Waals surface area contributed by atoms with Crippen LogP contribution in [0.3, 0.4) is 0 Å². The molecule has 0 bridgehead atoms. The Morgan fingerprint density at radius 3 is 2.58 bits per heavy atom. The van der Waals surface area contributed by atoms with Gasteiger partial charge in [-0.05, 0) is 12.5 Å². The normalized spacial score (nSPS) is 15.7. The number of nitrogens with zero attached hydrogens (tertiary/aromatic N) is 1. The number of aromatic nitrogens is 1. The van der Waals surface area contributed by atoms with Gasteiger partial charge in [0.1, 0.15) is 0 Å². The number of benzene rings is 1. The quantitative estimate of drug-likeness (QED) is 0.691. The number of ether oxygens (including phenoxy) is 3. The second-order valence-corrected chi connectivity index (χ2v) is 6.66. The molecule has 1 aromatic heterocycles. The van der Waals surface area contributed by atoms with E-state index in [1.165, 1.54) is 5.56 Å². The highest BCUT2D eigenvalue weighted by molar-refractivity contribution is 5.40. The Labute approximate surface area is 142 Å². The summed E-state index contributed by atoms with van der Waals surface area (Å²) >= 11 is 0. The Balaban J connectivity index is 1.76. The van der Waals surface area contributed by atoms with Crippen LogP contribution in [-0.2, 0) is 29.3 Å². The summed E-state index contributed by atoms with van der Waals surface area (Å²) in [6, 6.07) is 8.25. The first kappa shape index (κ1) is 16.7. The van der Waals surface area contributed by atoms with Crippen LogP contribution in [0.1, 0.15) is 41.8 Å². The number of rotatable bonds is 4. The third-order valence-corrected chi connectivity index (χ3v) is 4.17. The number of aryl methyl sites for hydroxylation is 1. The standard InChI is InChI=1S/C19H24NO4/c1-13-5-7-15(8-6-13)10-22-11-16-9-20(21)14(2)18-17(16)12-23-19(3,4)24-18/h5-9,21H,10-12H2,1-4H3/q+1. The molecule has 3 rings (SSSR count). The molecular weight excluding hydrogens is 306 g/mol. The molecule has 0 saturated heterocycles. The van der Waals surface area contributed by atoms with Gasteiger partial charge in [-0.1, -0.05) is 29.8 Å². The molecule has 1 aliphatic heterocycles. The minimum absolute atomic E-state index is 0.379. The first-order chi connectivity index (χ1) is 11.4. The molecule has 5 nitrogen and oxygen atoms in total. The molecule has 0 atom stereocenters. The minimum atomic E-state index is -0.702. The molecule has 2 aromatic rings. The summed E-state index contributed by atoms with van der Waals surface area (Å²) < 4.78 is 18.5. The third-order valence-electron chi connectivity index (χ3n) is 4.17. The largest absolute Gasteiger partial charge is 0.456 e. The molecule has 0 radical (unpaired) electrons. The maximum atomic E-state index is 10.1. The molecule has 0 aliphatic carbocycles. The smallest absolute Gasteiger partial charge is 0.273 e. The zero-order valence-corrected chi connectivity index (χ0v) is 14.6. The van der Waals surface area contributed by atoms with Crippen molar-refractivity contribution < 1.29 is 24.1 Å². The van der Waals surface area contributed by atoms with Gasteiger partial charge in [-0.15, -0.1) is 0 Å². The summed E-state index contributed by atoms with van der Waals surface area (Å²) in [5.41, 5.74) is 4.79. The summed E-state index contributed by atoms with van der Waals surface area (Å²) in [6.07, 6.45) is 1.66. The van der Waals surface area contributed by atoms with Gasteiger partial charge in [-0.3, -0.25) is 5.21 Å². The van der Waals surface area contributed by atoms with Crippen molar-refractivity contribution in [2.45, 2.75) is 53.3 Å². The lowest BCUT2D eigenvalue weighted by atomic mass is 10.1. The summed E-state index contributed by atoms with van der Waals surface area (Å²) in [4.78, 5) is 0. The van der Waals surface area contributed by atoms with E-state index in [-0.39, 0.29) is 0 Å². The minimum Gasteiger partial charge on any atom is -0.456 e. The lowest BCUT2D eigenvalue weighted by Gasteiger charge is -2.32. The number of hydrogen-bond acceptors (Lipinski definition) is 4. The van der Waals surface area contributed by atoms with Gasteiger partial charge in [0.25, 0.3) is 5.69 Å². The molecule has 0 amide bonds. The van der Waals surface area contributed by atoms with Crippen LogP contribution in [0.4, 0.5) is 0 Å². The van der Waals surface area contributed by atoms with Gasteiger partial charge in [-0.25, -0.2) is 0 Å². The van der Waals surface area contributed by atoms with E-state index in [1.807, 2.05) is 20.8 Å². The van der Waals surface area contributed by atoms with Crippen molar-refractivity contribution in [1.82, 2.24) is 0 Å². The fourth-order valence-corrected chi connectivity index (χ4v) is 2.69. The highest BCUT2D eigenvalue weighted by atomic mass is 16.7. The van der Waals surface area contributed by atoms with Crippen LogP contribution in [0, 0.1) is 13.8 Å². The zero-order valence-electron chi connectivity index (χ0n) is 14.6. The number of hydrogen-bond donors (Lipinski definition) is 1. The van der Waals surface area contributed by atoms with E-state index >= 15 is 0 Å². The van der Waals surface area contributed by atoms with Gasteiger partial charge < -0.3 is 14.2 Å². The SMILES string of the molecule is Cc1ccc(COCc2c[n+](O)c(C)c3c2COC(C)(C)O3)cc1. The van der Waals surface area contributed by atoms with Crippen molar-refractivity contribution in [1.29, 1.82) is 0 Å². The summed E-state index contributed by atoms with van der Waals surface area (Å²) in [6.45, 7) is 8.93. The van der Waals surface area contributed by atoms with E-state index < -0.39 is 5.79 Å². The van der Waals surface area contributed by atoms with E-state index in [1.54, 1.807) is 6.20 Å². The molecule has 0 saturated carbocycles. The van der Waals surface area contributed by atoms with Crippen LogP contribution in [0.5, 0.6) is 5.75 Å². The van der Waals surface area contributed by atoms with Gasteiger partial charge in [0.05, 0.1) is 25.4 Å². The monoisotopic (exact) mass is 330 g/mol. The first-order valence-electron chi connectivity index (χ1n) is 8.08. The Morgan fingerprint density at radius 2 is 1.88 bits per heavy atom. The van der Waals surface area contributed by atoms with Crippen LogP contribution in [-0.4, -0.2) is 11.0 Å². The van der Waals surface area contributed by atoms with Gasteiger partial charge in [0.15, 0.2) is 0 Å². The third kappa shape index (κ3) is 3.52. The van der Waals surface area contributed by atoms with E-state index in [2.05, 4.69) is 31.2 Å². The Bertz CT molecular complexity index is 738. The fraction of sp³-hybridized carbons (Fsp3) is 0.421. The first-order valence-corrected chi connectivity index (χ1v) is 8.08. The maximum Gasteiger partial charge on any atom is 0.273 e. The average molecular weight is 330 g/mol. The maximum absolute atomic E-state index is 10.1. The second-order valence-electron chi connectivity index (χ2n) is 6.66. The molecule has 1 aromatic carbocycles. The van der Waals surface area contributed by atoms with E-state index in [4.69, 9.17) is 14.2 Å². The van der Waals surface area contributed by atoms with E-state index in [0.717, 1.165) is 21.4 Å². The highest BCUT2D eigenvalue weighted by Gasteiger charge is 2.34. The van der Waals surface area contributed by atoms with Gasteiger partial charge in [-0.2, -0.15) is 0 Å². The second kappa shape index (κ2) is 6.42. The summed E-state index contributed by atoms with van der Waals surface area (Å²) in [5.74, 6) is -0.0308. The molecule has 1 N–H and O–H groups in total. The number of fused-ring (bicyclic) bond motifs is 1. The predicted octanol–water partition coefficient (Wildman–Crippen LogP) is 3.19. The molecule has 0 unspecified atom stereocenters. The summed E-state index contributed by atoms with van der Waals surface area (Å²) in [7, 11) is 0. The van der Waals surface area contributed by atoms with Crippen LogP contribution < -0.4 is 9.47 Å². The van der Waals surface area contributed by atoms with Crippen LogP contribution in [0.2, 0.25) is 0 Å².